The Morgan fingerprint density at radius 1 is 1.13 bits per heavy atom. The van der Waals surface area contributed by atoms with Crippen LogP contribution in [0.15, 0.2) is 30.3 Å². The van der Waals surface area contributed by atoms with E-state index in [2.05, 4.69) is 24.5 Å². The number of rotatable bonds is 13. The molecule has 6 heteroatoms. The number of alkyl carbamates (subject to hydrolysis) is 1. The molecule has 2 N–H and O–H groups in total. The van der Waals surface area contributed by atoms with Gasteiger partial charge in [0.05, 0.1) is 11.8 Å². The first-order chi connectivity index (χ1) is 15.0. The third kappa shape index (κ3) is 10.6. The third-order valence-electron chi connectivity index (χ3n) is 5.87. The highest BCUT2D eigenvalue weighted by Gasteiger charge is 2.25. The number of ether oxygens (including phenoxy) is 1. The zero-order chi connectivity index (χ0) is 22.5. The monoisotopic (exact) mass is 448 g/mol. The molecule has 1 saturated carbocycles. The van der Waals surface area contributed by atoms with Crippen LogP contribution in [0.4, 0.5) is 4.79 Å². The molecule has 1 aromatic carbocycles. The molecule has 1 fully saturated rings. The predicted molar refractivity (Wildman–Crippen MR) is 129 cm³/mol. The van der Waals surface area contributed by atoms with Gasteiger partial charge in [0.15, 0.2) is 5.78 Å². The van der Waals surface area contributed by atoms with Crippen molar-refractivity contribution in [3.05, 3.63) is 35.9 Å². The molecule has 174 valence electrons. The van der Waals surface area contributed by atoms with Crippen molar-refractivity contribution >= 4 is 23.6 Å². The maximum absolute atomic E-state index is 12.7. The van der Waals surface area contributed by atoms with Crippen molar-refractivity contribution in [3.8, 4) is 0 Å². The minimum atomic E-state index is -0.407. The van der Waals surface area contributed by atoms with Crippen LogP contribution in [0.3, 0.4) is 0 Å². The first-order valence-electron chi connectivity index (χ1n) is 11.7. The van der Waals surface area contributed by atoms with Crippen LogP contribution in [0.2, 0.25) is 0 Å². The highest BCUT2D eigenvalue weighted by molar-refractivity contribution is 7.99. The smallest absolute Gasteiger partial charge is 0.407 e. The second-order valence-electron chi connectivity index (χ2n) is 9.13. The van der Waals surface area contributed by atoms with E-state index in [1.807, 2.05) is 36.6 Å². The summed E-state index contributed by atoms with van der Waals surface area (Å²) in [5.74, 6) is 1.86. The summed E-state index contributed by atoms with van der Waals surface area (Å²) in [5.41, 5.74) is 0.964. The van der Waals surface area contributed by atoms with E-state index in [0.717, 1.165) is 18.4 Å². The van der Waals surface area contributed by atoms with Crippen LogP contribution >= 0.6 is 11.8 Å². The molecule has 0 radical (unpaired) electrons. The Labute approximate surface area is 192 Å². The number of amides is 1. The van der Waals surface area contributed by atoms with Gasteiger partial charge in [0.1, 0.15) is 6.61 Å². The lowest BCUT2D eigenvalue weighted by Crippen LogP contribution is -2.48. The second-order valence-corrected chi connectivity index (χ2v) is 10.00. The molecule has 0 aromatic heterocycles. The molecule has 1 amide bonds. The Kier molecular flexibility index (Phi) is 12.0. The quantitative estimate of drug-likeness (QED) is 0.435. The van der Waals surface area contributed by atoms with E-state index in [9.17, 15) is 9.59 Å². The van der Waals surface area contributed by atoms with E-state index in [-0.39, 0.29) is 24.5 Å². The fourth-order valence-corrected chi connectivity index (χ4v) is 4.79. The van der Waals surface area contributed by atoms with E-state index in [0.29, 0.717) is 24.1 Å². The second kappa shape index (κ2) is 14.5. The minimum Gasteiger partial charge on any atom is -0.445 e. The number of carbonyl (C=O) groups excluding carboxylic acids is 2. The van der Waals surface area contributed by atoms with Gasteiger partial charge in [-0.2, -0.15) is 11.8 Å². The van der Waals surface area contributed by atoms with Crippen LogP contribution in [0, 0.1) is 11.8 Å². The summed E-state index contributed by atoms with van der Waals surface area (Å²) in [4.78, 5) is 25.1. The summed E-state index contributed by atoms with van der Waals surface area (Å²) in [7, 11) is 0. The number of benzene rings is 1. The van der Waals surface area contributed by atoms with Crippen LogP contribution in [0.1, 0.15) is 64.4 Å². The lowest BCUT2D eigenvalue weighted by molar-refractivity contribution is -0.119. The van der Waals surface area contributed by atoms with Crippen molar-refractivity contribution in [3.63, 3.8) is 0 Å². The third-order valence-corrected chi connectivity index (χ3v) is 6.44. The Morgan fingerprint density at radius 3 is 2.48 bits per heavy atom. The molecule has 0 heterocycles. The molecule has 1 aliphatic rings. The molecule has 0 saturated heterocycles. The largest absolute Gasteiger partial charge is 0.445 e. The maximum Gasteiger partial charge on any atom is 0.407 e. The normalized spacial score (nSPS) is 16.6. The summed E-state index contributed by atoms with van der Waals surface area (Å²) < 4.78 is 5.41. The Balaban J connectivity index is 1.89. The number of thioether (sulfide) groups is 1. The van der Waals surface area contributed by atoms with Gasteiger partial charge in [-0.15, -0.1) is 0 Å². The molecule has 1 aliphatic carbocycles. The molecular formula is C25H40N2O3S. The number of Topliss-reactive ketones (excluding diaryl/α,β-unsaturated/α-hetero) is 1. The Hall–Kier alpha value is -1.53. The van der Waals surface area contributed by atoms with E-state index in [4.69, 9.17) is 4.74 Å². The zero-order valence-corrected chi connectivity index (χ0v) is 20.2. The summed E-state index contributed by atoms with van der Waals surface area (Å²) >= 11 is 1.58. The van der Waals surface area contributed by atoms with Crippen LogP contribution in [0.25, 0.3) is 0 Å². The fourth-order valence-electron chi connectivity index (χ4n) is 4.31. The van der Waals surface area contributed by atoms with Gasteiger partial charge in [-0.3, -0.25) is 4.79 Å². The molecule has 2 unspecified atom stereocenters. The fraction of sp³-hybridized carbons (Fsp3) is 0.680. The first-order valence-corrected chi connectivity index (χ1v) is 13.1. The molecule has 0 bridgehead atoms. The van der Waals surface area contributed by atoms with Crippen molar-refractivity contribution in [1.82, 2.24) is 10.6 Å². The number of hydrogen-bond acceptors (Lipinski definition) is 5. The average Bonchev–Trinajstić information content (AvgIpc) is 2.76. The topological polar surface area (TPSA) is 67.4 Å². The molecule has 1 aromatic rings. The van der Waals surface area contributed by atoms with Gasteiger partial charge in [0, 0.05) is 12.6 Å². The molecule has 2 atom stereocenters. The van der Waals surface area contributed by atoms with Gasteiger partial charge in [-0.05, 0) is 36.5 Å². The van der Waals surface area contributed by atoms with E-state index in [1.165, 1.54) is 32.1 Å². The minimum absolute atomic E-state index is 0.0702. The van der Waals surface area contributed by atoms with E-state index >= 15 is 0 Å². The van der Waals surface area contributed by atoms with Crippen molar-refractivity contribution < 1.29 is 14.3 Å². The Morgan fingerprint density at radius 2 is 1.84 bits per heavy atom. The molecule has 2 rings (SSSR count). The van der Waals surface area contributed by atoms with Gasteiger partial charge >= 0.3 is 6.09 Å². The molecule has 0 aliphatic heterocycles. The van der Waals surface area contributed by atoms with Crippen molar-refractivity contribution in [1.29, 1.82) is 0 Å². The number of hydrogen-bond donors (Lipinski definition) is 2. The summed E-state index contributed by atoms with van der Waals surface area (Å²) in [6.07, 6.45) is 9.63. The van der Waals surface area contributed by atoms with Crippen LogP contribution in [-0.2, 0) is 16.1 Å². The zero-order valence-electron chi connectivity index (χ0n) is 19.4. The summed E-state index contributed by atoms with van der Waals surface area (Å²) in [5, 5.41) is 6.51. The molecule has 5 nitrogen and oxygen atoms in total. The molecule has 0 spiro atoms. The van der Waals surface area contributed by atoms with Gasteiger partial charge in [-0.1, -0.05) is 76.3 Å². The highest BCUT2D eigenvalue weighted by Crippen LogP contribution is 2.27. The summed E-state index contributed by atoms with van der Waals surface area (Å²) in [6.45, 7) is 5.12. The van der Waals surface area contributed by atoms with Crippen molar-refractivity contribution in [2.24, 2.45) is 11.8 Å². The van der Waals surface area contributed by atoms with Gasteiger partial charge in [-0.25, -0.2) is 4.79 Å². The standard InChI is InChI=1S/C25H40N2O3S/c1-19(2)14-22(27-25(29)30-17-21-12-8-5-9-13-21)16-26-23(24(28)18-31-3)15-20-10-6-4-7-11-20/h5,8-9,12-13,19-20,22-23,26H,4,6-7,10-11,14-18H2,1-3H3,(H,27,29). The average molecular weight is 449 g/mol. The lowest BCUT2D eigenvalue weighted by atomic mass is 9.84. The SMILES string of the molecule is CSCC(=O)C(CC1CCCCC1)NCC(CC(C)C)NC(=O)OCc1ccccc1. The van der Waals surface area contributed by atoms with Gasteiger partial charge in [0.2, 0.25) is 0 Å². The van der Waals surface area contributed by atoms with E-state index < -0.39 is 6.09 Å². The highest BCUT2D eigenvalue weighted by atomic mass is 32.2. The number of carbonyl (C=O) groups is 2. The van der Waals surface area contributed by atoms with Crippen molar-refractivity contribution in [2.45, 2.75) is 77.5 Å². The van der Waals surface area contributed by atoms with Crippen LogP contribution in [0.5, 0.6) is 0 Å². The van der Waals surface area contributed by atoms with Crippen LogP contribution in [-0.4, -0.2) is 42.5 Å². The number of ketones is 1. The van der Waals surface area contributed by atoms with Crippen molar-refractivity contribution in [2.75, 3.05) is 18.6 Å². The van der Waals surface area contributed by atoms with Gasteiger partial charge in [0.25, 0.3) is 0 Å². The lowest BCUT2D eigenvalue weighted by Gasteiger charge is -2.28. The molecular weight excluding hydrogens is 408 g/mol. The summed E-state index contributed by atoms with van der Waals surface area (Å²) in [6, 6.07) is 9.48. The Bertz CT molecular complexity index is 647. The maximum atomic E-state index is 12.7. The van der Waals surface area contributed by atoms with E-state index in [1.54, 1.807) is 11.8 Å². The van der Waals surface area contributed by atoms with Crippen LogP contribution < -0.4 is 10.6 Å². The predicted octanol–water partition coefficient (Wildman–Crippen LogP) is 5.19. The first kappa shape index (κ1) is 25.7. The molecule has 31 heavy (non-hydrogen) atoms. The van der Waals surface area contributed by atoms with Gasteiger partial charge < -0.3 is 15.4 Å². The number of nitrogens with one attached hydrogen (secondary N) is 2.